The third-order valence-corrected chi connectivity index (χ3v) is 6.25. The molecule has 0 nitrogen and oxygen atoms in total. The van der Waals surface area contributed by atoms with Crippen LogP contribution < -0.4 is 0 Å². The van der Waals surface area contributed by atoms with Crippen LogP contribution in [-0.4, -0.2) is 0 Å². The highest BCUT2D eigenvalue weighted by molar-refractivity contribution is 7.19. The van der Waals surface area contributed by atoms with E-state index >= 15 is 0 Å². The summed E-state index contributed by atoms with van der Waals surface area (Å²) in [6.45, 7) is 6.86. The zero-order chi connectivity index (χ0) is 14.1. The molecule has 0 amide bonds. The first kappa shape index (κ1) is 13.8. The maximum atomic E-state index is 2.38. The maximum absolute atomic E-state index is 2.38. The number of hydrogen-bond donors (Lipinski definition) is 0. The molecule has 0 bridgehead atoms. The first-order chi connectivity index (χ1) is 9.63. The number of hydrogen-bond acceptors (Lipinski definition) is 2. The van der Waals surface area contributed by atoms with Gasteiger partial charge in [-0.25, -0.2) is 0 Å². The predicted molar refractivity (Wildman–Crippen MR) is 92.4 cm³/mol. The van der Waals surface area contributed by atoms with Crippen molar-refractivity contribution in [3.63, 3.8) is 0 Å². The molecule has 3 rings (SSSR count). The first-order valence-corrected chi connectivity index (χ1v) is 8.89. The molecule has 0 aliphatic rings. The van der Waals surface area contributed by atoms with Gasteiger partial charge in [0.15, 0.2) is 0 Å². The molecule has 3 aromatic rings. The fraction of sp³-hybridized carbons (Fsp3) is 0.333. The van der Waals surface area contributed by atoms with Crippen molar-refractivity contribution in [3.05, 3.63) is 57.1 Å². The van der Waals surface area contributed by atoms with Crippen LogP contribution in [0.2, 0.25) is 0 Å². The Balaban J connectivity index is 1.85. The molecule has 0 aliphatic carbocycles. The Bertz CT molecular complexity index is 689. The van der Waals surface area contributed by atoms with E-state index in [4.69, 9.17) is 0 Å². The fourth-order valence-electron chi connectivity index (χ4n) is 2.53. The minimum Gasteiger partial charge on any atom is -0.149 e. The highest BCUT2D eigenvalue weighted by atomic mass is 32.1. The fourth-order valence-corrected chi connectivity index (χ4v) is 4.45. The van der Waals surface area contributed by atoms with Crippen molar-refractivity contribution < 1.29 is 0 Å². The molecule has 0 fully saturated rings. The average molecular weight is 300 g/mol. The summed E-state index contributed by atoms with van der Waals surface area (Å²) in [5.74, 6) is 1.23. The Morgan fingerprint density at radius 1 is 1.00 bits per heavy atom. The van der Waals surface area contributed by atoms with E-state index in [1.807, 2.05) is 22.7 Å². The average Bonchev–Trinajstić information content (AvgIpc) is 3.07. The van der Waals surface area contributed by atoms with Gasteiger partial charge < -0.3 is 0 Å². The lowest BCUT2D eigenvalue weighted by Crippen LogP contribution is -1.95. The molecule has 0 saturated carbocycles. The van der Waals surface area contributed by atoms with Gasteiger partial charge in [-0.15, -0.1) is 22.7 Å². The molecule has 0 spiro atoms. The van der Waals surface area contributed by atoms with Crippen LogP contribution in [0.1, 0.15) is 47.9 Å². The van der Waals surface area contributed by atoms with Crippen LogP contribution >= 0.6 is 22.7 Å². The molecule has 104 valence electrons. The highest BCUT2D eigenvalue weighted by Crippen LogP contribution is 2.32. The lowest BCUT2D eigenvalue weighted by Gasteiger charge is -2.09. The number of thiophene rings is 2. The van der Waals surface area contributed by atoms with E-state index in [0.29, 0.717) is 11.8 Å². The van der Waals surface area contributed by atoms with Crippen LogP contribution in [0.25, 0.3) is 10.1 Å². The molecular weight excluding hydrogens is 280 g/mol. The lowest BCUT2D eigenvalue weighted by atomic mass is 9.99. The first-order valence-electron chi connectivity index (χ1n) is 7.19. The Kier molecular flexibility index (Phi) is 3.95. The lowest BCUT2D eigenvalue weighted by molar-refractivity contribution is 0.776. The smallest absolute Gasteiger partial charge is 0.0348 e. The zero-order valence-corrected chi connectivity index (χ0v) is 13.9. The van der Waals surface area contributed by atoms with Gasteiger partial charge in [-0.1, -0.05) is 39.0 Å². The SMILES string of the molecule is CC(C)c1cc2ccc(CC(C)c3cccs3)cc2s1. The van der Waals surface area contributed by atoms with Gasteiger partial charge in [0.25, 0.3) is 0 Å². The predicted octanol–water partition coefficient (Wildman–Crippen LogP) is 6.43. The minimum atomic E-state index is 0.608. The summed E-state index contributed by atoms with van der Waals surface area (Å²) in [7, 11) is 0. The third-order valence-electron chi connectivity index (χ3n) is 3.74. The Hall–Kier alpha value is -1.12. The van der Waals surface area contributed by atoms with E-state index < -0.39 is 0 Å². The summed E-state index contributed by atoms with van der Waals surface area (Å²) in [5.41, 5.74) is 1.45. The van der Waals surface area contributed by atoms with Gasteiger partial charge in [-0.3, -0.25) is 0 Å². The van der Waals surface area contributed by atoms with Crippen molar-refractivity contribution in [3.8, 4) is 0 Å². The standard InChI is InChI=1S/C18H20S2/c1-12(2)17-11-15-7-6-14(10-18(15)20-17)9-13(3)16-5-4-8-19-16/h4-8,10-13H,9H2,1-3H3. The van der Waals surface area contributed by atoms with Crippen molar-refractivity contribution in [1.82, 2.24) is 0 Å². The van der Waals surface area contributed by atoms with Crippen LogP contribution in [0.15, 0.2) is 41.8 Å². The molecule has 1 aromatic carbocycles. The van der Waals surface area contributed by atoms with Crippen LogP contribution in [0.3, 0.4) is 0 Å². The summed E-state index contributed by atoms with van der Waals surface area (Å²) in [5, 5.41) is 3.56. The zero-order valence-electron chi connectivity index (χ0n) is 12.2. The second kappa shape index (κ2) is 5.71. The van der Waals surface area contributed by atoms with Gasteiger partial charge in [0.1, 0.15) is 0 Å². The molecule has 0 N–H and O–H groups in total. The van der Waals surface area contributed by atoms with Gasteiger partial charge in [-0.05, 0) is 52.8 Å². The molecule has 1 atom stereocenters. The Morgan fingerprint density at radius 2 is 1.85 bits per heavy atom. The van der Waals surface area contributed by atoms with Gasteiger partial charge in [0.2, 0.25) is 0 Å². The van der Waals surface area contributed by atoms with Crippen LogP contribution in [0.4, 0.5) is 0 Å². The van der Waals surface area contributed by atoms with Crippen molar-refractivity contribution in [2.75, 3.05) is 0 Å². The Morgan fingerprint density at radius 3 is 2.55 bits per heavy atom. The Labute approximate surface area is 129 Å². The molecule has 0 radical (unpaired) electrons. The van der Waals surface area contributed by atoms with E-state index in [0.717, 1.165) is 6.42 Å². The van der Waals surface area contributed by atoms with E-state index in [-0.39, 0.29) is 0 Å². The maximum Gasteiger partial charge on any atom is 0.0348 e. The van der Waals surface area contributed by atoms with Gasteiger partial charge in [-0.2, -0.15) is 0 Å². The summed E-state index contributed by atoms with van der Waals surface area (Å²) in [4.78, 5) is 2.97. The normalized spacial score (nSPS) is 13.2. The van der Waals surface area contributed by atoms with E-state index in [1.165, 1.54) is 25.4 Å². The summed E-state index contributed by atoms with van der Waals surface area (Å²) >= 11 is 3.81. The molecular formula is C18H20S2. The number of rotatable bonds is 4. The molecule has 2 aromatic heterocycles. The minimum absolute atomic E-state index is 0.608. The highest BCUT2D eigenvalue weighted by Gasteiger charge is 2.10. The second-order valence-corrected chi connectivity index (χ2v) is 7.89. The van der Waals surface area contributed by atoms with Crippen molar-refractivity contribution in [2.24, 2.45) is 0 Å². The van der Waals surface area contributed by atoms with Gasteiger partial charge in [0, 0.05) is 14.5 Å². The summed E-state index contributed by atoms with van der Waals surface area (Å²) in [6.07, 6.45) is 1.13. The van der Waals surface area contributed by atoms with Gasteiger partial charge in [0.05, 0.1) is 0 Å². The summed E-state index contributed by atoms with van der Waals surface area (Å²) in [6, 6.07) is 13.7. The molecule has 2 heteroatoms. The van der Waals surface area contributed by atoms with Gasteiger partial charge >= 0.3 is 0 Å². The number of benzene rings is 1. The molecule has 20 heavy (non-hydrogen) atoms. The van der Waals surface area contributed by atoms with Crippen molar-refractivity contribution >= 4 is 32.8 Å². The quantitative estimate of drug-likeness (QED) is 0.520. The van der Waals surface area contributed by atoms with Crippen molar-refractivity contribution in [1.29, 1.82) is 0 Å². The van der Waals surface area contributed by atoms with Crippen LogP contribution in [0.5, 0.6) is 0 Å². The van der Waals surface area contributed by atoms with E-state index in [1.54, 1.807) is 0 Å². The van der Waals surface area contributed by atoms with Crippen molar-refractivity contribution in [2.45, 2.75) is 39.0 Å². The van der Waals surface area contributed by atoms with E-state index in [9.17, 15) is 0 Å². The molecule has 0 saturated heterocycles. The third kappa shape index (κ3) is 2.82. The van der Waals surface area contributed by atoms with Crippen LogP contribution in [-0.2, 0) is 6.42 Å². The molecule has 0 aliphatic heterocycles. The largest absolute Gasteiger partial charge is 0.149 e. The monoisotopic (exact) mass is 300 g/mol. The molecule has 2 heterocycles. The second-order valence-electron chi connectivity index (χ2n) is 5.80. The topological polar surface area (TPSA) is 0 Å². The van der Waals surface area contributed by atoms with Crippen LogP contribution in [0, 0.1) is 0 Å². The molecule has 1 unspecified atom stereocenters. The van der Waals surface area contributed by atoms with E-state index in [2.05, 4.69) is 62.5 Å². The number of fused-ring (bicyclic) bond motifs is 1. The summed E-state index contributed by atoms with van der Waals surface area (Å²) < 4.78 is 1.43.